The standard InChI is InChI=1S/C40H40O8/c1-5-45-37(41)29-17-9-25(10-18-29)33-34(26-11-19-30(20-12-26)38(42)46-6-2)36(28-15-23-32(24-16-28)40(44)48-8-4)35(33)27-13-21-31(22-14-27)39(43)47-7-3/h9-24,33-36H,5-8H2,1-4H3. The van der Waals surface area contributed by atoms with Crippen LogP contribution in [0, 0.1) is 0 Å². The van der Waals surface area contributed by atoms with Crippen molar-refractivity contribution in [1.29, 1.82) is 0 Å². The molecule has 1 fully saturated rings. The zero-order valence-electron chi connectivity index (χ0n) is 27.6. The first-order valence-corrected chi connectivity index (χ1v) is 16.4. The smallest absolute Gasteiger partial charge is 0.338 e. The summed E-state index contributed by atoms with van der Waals surface area (Å²) in [5.41, 5.74) is 5.99. The molecule has 48 heavy (non-hydrogen) atoms. The number of hydrogen-bond acceptors (Lipinski definition) is 8. The van der Waals surface area contributed by atoms with Gasteiger partial charge in [-0.1, -0.05) is 48.5 Å². The number of carbonyl (C=O) groups is 4. The van der Waals surface area contributed by atoms with Crippen molar-refractivity contribution in [3.63, 3.8) is 0 Å². The topological polar surface area (TPSA) is 105 Å². The molecule has 0 N–H and O–H groups in total. The highest BCUT2D eigenvalue weighted by molar-refractivity contribution is 5.91. The number of ether oxygens (including phenoxy) is 4. The van der Waals surface area contributed by atoms with Crippen LogP contribution in [-0.2, 0) is 18.9 Å². The average Bonchev–Trinajstić information content (AvgIpc) is 3.09. The summed E-state index contributed by atoms with van der Waals surface area (Å²) >= 11 is 0. The fourth-order valence-corrected chi connectivity index (χ4v) is 6.63. The Bertz CT molecular complexity index is 1450. The van der Waals surface area contributed by atoms with Gasteiger partial charge in [-0.3, -0.25) is 0 Å². The summed E-state index contributed by atoms with van der Waals surface area (Å²) in [6.45, 7) is 8.24. The summed E-state index contributed by atoms with van der Waals surface area (Å²) in [5.74, 6) is -1.70. The molecule has 0 aromatic heterocycles. The fraction of sp³-hybridized carbons (Fsp3) is 0.300. The maximum atomic E-state index is 12.5. The number of rotatable bonds is 12. The van der Waals surface area contributed by atoms with E-state index in [-0.39, 0.29) is 74.0 Å². The van der Waals surface area contributed by atoms with Crippen molar-refractivity contribution in [2.24, 2.45) is 0 Å². The minimum Gasteiger partial charge on any atom is -0.462 e. The maximum Gasteiger partial charge on any atom is 0.338 e. The quantitative estimate of drug-likeness (QED) is 0.113. The van der Waals surface area contributed by atoms with E-state index in [0.29, 0.717) is 22.3 Å². The van der Waals surface area contributed by atoms with Crippen LogP contribution in [0.25, 0.3) is 0 Å². The fourth-order valence-electron chi connectivity index (χ4n) is 6.63. The highest BCUT2D eigenvalue weighted by Gasteiger charge is 2.52. The second-order valence-electron chi connectivity index (χ2n) is 11.5. The van der Waals surface area contributed by atoms with Crippen LogP contribution in [0.1, 0.15) is 115 Å². The molecule has 4 aromatic carbocycles. The van der Waals surface area contributed by atoms with E-state index in [1.165, 1.54) is 0 Å². The predicted molar refractivity (Wildman–Crippen MR) is 181 cm³/mol. The van der Waals surface area contributed by atoms with Crippen LogP contribution in [-0.4, -0.2) is 50.3 Å². The van der Waals surface area contributed by atoms with Crippen molar-refractivity contribution in [1.82, 2.24) is 0 Å². The molecule has 0 bridgehead atoms. The molecule has 0 spiro atoms. The van der Waals surface area contributed by atoms with Gasteiger partial charge in [0.15, 0.2) is 0 Å². The Morgan fingerprint density at radius 1 is 0.354 bits per heavy atom. The van der Waals surface area contributed by atoms with Crippen LogP contribution in [0.3, 0.4) is 0 Å². The van der Waals surface area contributed by atoms with E-state index in [1.807, 2.05) is 48.5 Å². The molecular formula is C40H40O8. The van der Waals surface area contributed by atoms with Crippen molar-refractivity contribution >= 4 is 23.9 Å². The summed E-state index contributed by atoms with van der Waals surface area (Å²) in [6, 6.07) is 30.1. The molecule has 248 valence electrons. The van der Waals surface area contributed by atoms with Gasteiger partial charge in [-0.25, -0.2) is 19.2 Å². The molecule has 1 aliphatic carbocycles. The van der Waals surface area contributed by atoms with Gasteiger partial charge in [0.25, 0.3) is 0 Å². The minimum atomic E-state index is -0.380. The third kappa shape index (κ3) is 7.18. The Morgan fingerprint density at radius 2 is 0.521 bits per heavy atom. The largest absolute Gasteiger partial charge is 0.462 e. The van der Waals surface area contributed by atoms with E-state index in [2.05, 4.69) is 0 Å². The van der Waals surface area contributed by atoms with E-state index in [9.17, 15) is 19.2 Å². The van der Waals surface area contributed by atoms with E-state index in [0.717, 1.165) is 22.3 Å². The Hall–Kier alpha value is -5.24. The number of esters is 4. The molecule has 0 saturated heterocycles. The SMILES string of the molecule is CCOC(=O)c1ccc(C2C(c3ccc(C(=O)OCC)cc3)C(c3ccc(C(=O)OCC)cc3)C2c2ccc(C(=O)OCC)cc2)cc1. The molecule has 0 radical (unpaired) electrons. The van der Waals surface area contributed by atoms with E-state index in [4.69, 9.17) is 18.9 Å². The lowest BCUT2D eigenvalue weighted by Gasteiger charge is -2.54. The molecular weight excluding hydrogens is 608 g/mol. The van der Waals surface area contributed by atoms with Crippen molar-refractivity contribution in [3.05, 3.63) is 142 Å². The van der Waals surface area contributed by atoms with Crippen LogP contribution in [0.2, 0.25) is 0 Å². The molecule has 0 aliphatic heterocycles. The van der Waals surface area contributed by atoms with Crippen molar-refractivity contribution < 1.29 is 38.1 Å². The summed E-state index contributed by atoms with van der Waals surface area (Å²) in [6.07, 6.45) is 0. The van der Waals surface area contributed by atoms with Crippen LogP contribution in [0.5, 0.6) is 0 Å². The number of carbonyl (C=O) groups excluding carboxylic acids is 4. The minimum absolute atomic E-state index is 0.0436. The first kappa shape index (κ1) is 34.1. The van der Waals surface area contributed by atoms with Gasteiger partial charge in [0.2, 0.25) is 0 Å². The van der Waals surface area contributed by atoms with E-state index < -0.39 is 0 Å². The lowest BCUT2D eigenvalue weighted by Crippen LogP contribution is -2.40. The van der Waals surface area contributed by atoms with Gasteiger partial charge >= 0.3 is 23.9 Å². The lowest BCUT2D eigenvalue weighted by atomic mass is 9.49. The highest BCUT2D eigenvalue weighted by atomic mass is 16.5. The molecule has 8 heteroatoms. The van der Waals surface area contributed by atoms with Gasteiger partial charge in [0, 0.05) is 0 Å². The molecule has 0 atom stereocenters. The maximum absolute atomic E-state index is 12.5. The van der Waals surface area contributed by atoms with Crippen molar-refractivity contribution in [2.45, 2.75) is 51.4 Å². The number of benzene rings is 4. The van der Waals surface area contributed by atoms with Crippen molar-refractivity contribution in [3.8, 4) is 0 Å². The Labute approximate surface area is 281 Å². The Kier molecular flexibility index (Phi) is 11.1. The summed E-state index contributed by atoms with van der Waals surface area (Å²) in [4.78, 5) is 49.9. The number of hydrogen-bond donors (Lipinski definition) is 0. The van der Waals surface area contributed by atoms with Gasteiger partial charge in [-0.2, -0.15) is 0 Å². The molecule has 0 unspecified atom stereocenters. The molecule has 8 nitrogen and oxygen atoms in total. The zero-order chi connectivity index (χ0) is 34.2. The van der Waals surface area contributed by atoms with Crippen LogP contribution < -0.4 is 0 Å². The van der Waals surface area contributed by atoms with Gasteiger partial charge in [-0.15, -0.1) is 0 Å². The predicted octanol–water partition coefficient (Wildman–Crippen LogP) is 7.84. The molecule has 0 amide bonds. The molecule has 4 aromatic rings. The summed E-state index contributed by atoms with van der Waals surface area (Å²) in [7, 11) is 0. The third-order valence-corrected chi connectivity index (χ3v) is 8.77. The van der Waals surface area contributed by atoms with Gasteiger partial charge in [-0.05, 0) is 122 Å². The average molecular weight is 649 g/mol. The summed E-state index contributed by atoms with van der Waals surface area (Å²) < 4.78 is 20.9. The van der Waals surface area contributed by atoms with E-state index >= 15 is 0 Å². The zero-order valence-corrected chi connectivity index (χ0v) is 27.6. The Balaban J connectivity index is 1.62. The summed E-state index contributed by atoms with van der Waals surface area (Å²) in [5, 5.41) is 0. The first-order valence-electron chi connectivity index (χ1n) is 16.4. The van der Waals surface area contributed by atoms with Crippen LogP contribution in [0.15, 0.2) is 97.1 Å². The second kappa shape index (κ2) is 15.6. The van der Waals surface area contributed by atoms with E-state index in [1.54, 1.807) is 76.2 Å². The van der Waals surface area contributed by atoms with Crippen LogP contribution >= 0.6 is 0 Å². The van der Waals surface area contributed by atoms with Crippen molar-refractivity contribution in [2.75, 3.05) is 26.4 Å². The normalized spacial score (nSPS) is 18.2. The van der Waals surface area contributed by atoms with Gasteiger partial charge < -0.3 is 18.9 Å². The molecule has 1 aliphatic rings. The molecule has 0 heterocycles. The van der Waals surface area contributed by atoms with Gasteiger partial charge in [0.05, 0.1) is 48.7 Å². The first-order chi connectivity index (χ1) is 23.3. The monoisotopic (exact) mass is 648 g/mol. The molecule has 1 saturated carbocycles. The molecule has 5 rings (SSSR count). The third-order valence-electron chi connectivity index (χ3n) is 8.77. The highest BCUT2D eigenvalue weighted by Crippen LogP contribution is 2.66. The van der Waals surface area contributed by atoms with Crippen LogP contribution in [0.4, 0.5) is 0 Å². The second-order valence-corrected chi connectivity index (χ2v) is 11.5. The Morgan fingerprint density at radius 3 is 0.667 bits per heavy atom. The lowest BCUT2D eigenvalue weighted by molar-refractivity contribution is 0.0516. The van der Waals surface area contributed by atoms with Gasteiger partial charge in [0.1, 0.15) is 0 Å².